The molecule has 3 aliphatic rings. The standard InChI is InChI=1S/C26H20O4Se/c1-29-23(27)15-22(25(28)30-2)31-26-19-12-6-3-9-16(19)24(17-10-4-7-13-20(17)26)18-11-5-8-14-21(18)26/h3-15,24H,1-2H3/b22-15-. The summed E-state index contributed by atoms with van der Waals surface area (Å²) in [6.45, 7) is 0. The second-order valence-corrected chi connectivity index (χ2v) is 10.1. The Kier molecular flexibility index (Phi) is 4.81. The molecule has 154 valence electrons. The van der Waals surface area contributed by atoms with Crippen molar-refractivity contribution < 1.29 is 19.1 Å². The normalized spacial score (nSPS) is 20.3. The average molecular weight is 475 g/mol. The Morgan fingerprint density at radius 1 is 0.774 bits per heavy atom. The van der Waals surface area contributed by atoms with Gasteiger partial charge in [0.1, 0.15) is 0 Å². The van der Waals surface area contributed by atoms with E-state index in [0.29, 0.717) is 4.47 Å². The fraction of sp³-hybridized carbons (Fsp3) is 0.154. The maximum absolute atomic E-state index is 12.8. The van der Waals surface area contributed by atoms with Crippen molar-refractivity contribution in [2.45, 2.75) is 10.2 Å². The van der Waals surface area contributed by atoms with E-state index in [0.717, 1.165) is 0 Å². The molecule has 3 aromatic carbocycles. The zero-order valence-electron chi connectivity index (χ0n) is 17.1. The first kappa shape index (κ1) is 19.8. The van der Waals surface area contributed by atoms with Gasteiger partial charge in [-0.05, 0) is 0 Å². The summed E-state index contributed by atoms with van der Waals surface area (Å²) in [5.74, 6) is -0.898. The van der Waals surface area contributed by atoms with Crippen molar-refractivity contribution in [3.05, 3.63) is 117 Å². The van der Waals surface area contributed by atoms with Gasteiger partial charge in [-0.1, -0.05) is 0 Å². The first-order chi connectivity index (χ1) is 15.1. The number of hydrogen-bond donors (Lipinski definition) is 0. The molecule has 5 heteroatoms. The van der Waals surface area contributed by atoms with Gasteiger partial charge in [0.05, 0.1) is 0 Å². The third kappa shape index (κ3) is 2.81. The van der Waals surface area contributed by atoms with Gasteiger partial charge in [0, 0.05) is 0 Å². The zero-order valence-corrected chi connectivity index (χ0v) is 18.8. The molecular weight excluding hydrogens is 455 g/mol. The third-order valence-corrected chi connectivity index (χ3v) is 9.14. The van der Waals surface area contributed by atoms with Crippen molar-refractivity contribution in [2.75, 3.05) is 14.2 Å². The zero-order chi connectivity index (χ0) is 21.6. The molecule has 0 aliphatic heterocycles. The first-order valence-electron chi connectivity index (χ1n) is 9.97. The summed E-state index contributed by atoms with van der Waals surface area (Å²) in [4.78, 5) is 24.9. The molecule has 3 aliphatic carbocycles. The predicted octanol–water partition coefficient (Wildman–Crippen LogP) is 3.72. The number of carbonyl (C=O) groups excluding carboxylic acids is 2. The summed E-state index contributed by atoms with van der Waals surface area (Å²) in [5.41, 5.74) is 7.34. The second-order valence-electron chi connectivity index (χ2n) is 7.50. The second kappa shape index (κ2) is 7.52. The van der Waals surface area contributed by atoms with Crippen LogP contribution in [0.15, 0.2) is 83.3 Å². The van der Waals surface area contributed by atoms with Gasteiger partial charge in [0.15, 0.2) is 0 Å². The SMILES string of the molecule is COC(=O)/C=C(\[Se]C12c3ccccc3C(c3ccccc31)c1ccccc12)C(=O)OC. The van der Waals surface area contributed by atoms with Gasteiger partial charge in [0.2, 0.25) is 0 Å². The molecule has 0 saturated carbocycles. The summed E-state index contributed by atoms with van der Waals surface area (Å²) in [6, 6.07) is 25.3. The Morgan fingerprint density at radius 2 is 1.23 bits per heavy atom. The molecule has 3 aromatic rings. The number of benzene rings is 3. The van der Waals surface area contributed by atoms with Gasteiger partial charge in [-0.25, -0.2) is 0 Å². The fourth-order valence-electron chi connectivity index (χ4n) is 4.87. The molecule has 0 unspecified atom stereocenters. The Bertz CT molecular complexity index is 1130. The molecule has 0 aromatic heterocycles. The van der Waals surface area contributed by atoms with Gasteiger partial charge in [0.25, 0.3) is 0 Å². The van der Waals surface area contributed by atoms with Crippen LogP contribution in [0.4, 0.5) is 0 Å². The Hall–Kier alpha value is -3.14. The van der Waals surface area contributed by atoms with E-state index in [1.54, 1.807) is 0 Å². The van der Waals surface area contributed by atoms with Crippen LogP contribution >= 0.6 is 0 Å². The summed E-state index contributed by atoms with van der Waals surface area (Å²) >= 11 is -0.484. The number of esters is 2. The molecule has 31 heavy (non-hydrogen) atoms. The van der Waals surface area contributed by atoms with Crippen LogP contribution in [-0.2, 0) is 23.4 Å². The van der Waals surface area contributed by atoms with Gasteiger partial charge < -0.3 is 0 Å². The van der Waals surface area contributed by atoms with Gasteiger partial charge in [-0.3, -0.25) is 0 Å². The molecule has 0 radical (unpaired) electrons. The minimum atomic E-state index is -0.557. The van der Waals surface area contributed by atoms with Crippen molar-refractivity contribution in [3.63, 3.8) is 0 Å². The summed E-state index contributed by atoms with van der Waals surface area (Å²) in [5, 5.41) is 0. The van der Waals surface area contributed by atoms with Gasteiger partial charge in [-0.15, -0.1) is 0 Å². The minimum absolute atomic E-state index is 0.160. The monoisotopic (exact) mass is 476 g/mol. The van der Waals surface area contributed by atoms with Crippen LogP contribution in [0, 0.1) is 0 Å². The van der Waals surface area contributed by atoms with Crippen LogP contribution in [0.3, 0.4) is 0 Å². The van der Waals surface area contributed by atoms with Crippen molar-refractivity contribution in [1.82, 2.24) is 0 Å². The quantitative estimate of drug-likeness (QED) is 0.328. The van der Waals surface area contributed by atoms with Crippen LogP contribution in [0.1, 0.15) is 39.3 Å². The molecule has 0 N–H and O–H groups in total. The van der Waals surface area contributed by atoms with E-state index in [1.165, 1.54) is 53.7 Å². The predicted molar refractivity (Wildman–Crippen MR) is 118 cm³/mol. The van der Waals surface area contributed by atoms with E-state index in [9.17, 15) is 9.59 Å². The van der Waals surface area contributed by atoms with Gasteiger partial charge >= 0.3 is 187 Å². The average Bonchev–Trinajstić information content (AvgIpc) is 2.83. The van der Waals surface area contributed by atoms with E-state index >= 15 is 0 Å². The van der Waals surface area contributed by atoms with Crippen molar-refractivity contribution in [3.8, 4) is 0 Å². The van der Waals surface area contributed by atoms with Crippen LogP contribution in [0.25, 0.3) is 0 Å². The van der Waals surface area contributed by atoms with Gasteiger partial charge in [-0.2, -0.15) is 0 Å². The summed E-state index contributed by atoms with van der Waals surface area (Å²) in [6.07, 6.45) is 1.29. The summed E-state index contributed by atoms with van der Waals surface area (Å²) < 4.78 is 9.71. The molecule has 0 saturated heterocycles. The third-order valence-electron chi connectivity index (χ3n) is 6.05. The number of rotatable bonds is 4. The molecule has 0 amide bonds. The molecule has 0 heterocycles. The summed E-state index contributed by atoms with van der Waals surface area (Å²) in [7, 11) is 2.65. The van der Waals surface area contributed by atoms with Crippen LogP contribution in [0.5, 0.6) is 0 Å². The van der Waals surface area contributed by atoms with Crippen molar-refractivity contribution in [1.29, 1.82) is 0 Å². The first-order valence-corrected chi connectivity index (χ1v) is 11.7. The number of ether oxygens (including phenoxy) is 2. The maximum atomic E-state index is 12.8. The Morgan fingerprint density at radius 3 is 1.65 bits per heavy atom. The van der Waals surface area contributed by atoms with Crippen LogP contribution < -0.4 is 0 Å². The topological polar surface area (TPSA) is 52.6 Å². The van der Waals surface area contributed by atoms with E-state index < -0.39 is 31.2 Å². The van der Waals surface area contributed by atoms with E-state index in [-0.39, 0.29) is 5.92 Å². The Balaban J connectivity index is 1.84. The molecular formula is C26H20O4Se. The molecule has 2 bridgehead atoms. The number of carbonyl (C=O) groups is 2. The molecule has 6 rings (SSSR count). The van der Waals surface area contributed by atoms with Crippen molar-refractivity contribution in [2.24, 2.45) is 0 Å². The Labute approximate surface area is 187 Å². The van der Waals surface area contributed by atoms with E-state index in [1.807, 2.05) is 18.2 Å². The molecule has 0 spiro atoms. The van der Waals surface area contributed by atoms with Crippen LogP contribution in [-0.4, -0.2) is 41.1 Å². The number of methoxy groups -OCH3 is 2. The fourth-order valence-corrected chi connectivity index (χ4v) is 8.10. The molecule has 0 atom stereocenters. The molecule has 4 nitrogen and oxygen atoms in total. The number of hydrogen-bond acceptors (Lipinski definition) is 4. The van der Waals surface area contributed by atoms with Crippen LogP contribution in [0.2, 0.25) is 0 Å². The van der Waals surface area contributed by atoms with Crippen molar-refractivity contribution >= 4 is 26.9 Å². The molecule has 0 fully saturated rings. The van der Waals surface area contributed by atoms with E-state index in [4.69, 9.17) is 9.47 Å². The van der Waals surface area contributed by atoms with E-state index in [2.05, 4.69) is 54.6 Å².